The molecule has 0 spiro atoms. The van der Waals surface area contributed by atoms with E-state index in [9.17, 15) is 0 Å². The maximum Gasteiger partial charge on any atom is 0.0502 e. The van der Waals surface area contributed by atoms with E-state index in [0.29, 0.717) is 0 Å². The molecule has 0 fully saturated rings. The van der Waals surface area contributed by atoms with E-state index in [1.165, 1.54) is 0 Å². The van der Waals surface area contributed by atoms with Crippen LogP contribution in [-0.2, 0) is 5.33 Å². The maximum atomic E-state index is 5.84. The van der Waals surface area contributed by atoms with Crippen LogP contribution in [0, 0.1) is 0 Å². The largest absolute Gasteiger partial charge is 0.398 e. The minimum atomic E-state index is 0.768. The van der Waals surface area contributed by atoms with Crippen molar-refractivity contribution in [2.45, 2.75) is 5.33 Å². The van der Waals surface area contributed by atoms with E-state index in [1.807, 2.05) is 17.5 Å². The van der Waals surface area contributed by atoms with Crippen LogP contribution in [0.15, 0.2) is 17.5 Å². The van der Waals surface area contributed by atoms with Crippen molar-refractivity contribution in [3.8, 4) is 0 Å². The van der Waals surface area contributed by atoms with Gasteiger partial charge in [0.25, 0.3) is 0 Å². The van der Waals surface area contributed by atoms with Gasteiger partial charge in [0.2, 0.25) is 0 Å². The summed E-state index contributed by atoms with van der Waals surface area (Å²) in [5.41, 5.74) is 14.4. The number of anilines is 2. The molecule has 0 aliphatic carbocycles. The molecule has 2 aromatic rings. The number of hydrogen-bond acceptors (Lipinski definition) is 3. The van der Waals surface area contributed by atoms with E-state index in [0.717, 1.165) is 32.4 Å². The highest BCUT2D eigenvalue weighted by molar-refractivity contribution is 9.08. The fourth-order valence-corrected chi connectivity index (χ4v) is 2.63. The maximum absolute atomic E-state index is 5.84. The zero-order chi connectivity index (χ0) is 9.42. The molecule has 1 aromatic heterocycles. The van der Waals surface area contributed by atoms with Crippen molar-refractivity contribution < 1.29 is 0 Å². The number of halogens is 1. The van der Waals surface area contributed by atoms with Crippen molar-refractivity contribution in [3.63, 3.8) is 0 Å². The number of benzene rings is 1. The Bertz CT molecular complexity index is 450. The predicted molar refractivity (Wildman–Crippen MR) is 63.3 cm³/mol. The van der Waals surface area contributed by atoms with Gasteiger partial charge in [-0.1, -0.05) is 15.9 Å². The molecule has 0 aliphatic rings. The van der Waals surface area contributed by atoms with Crippen LogP contribution in [0.2, 0.25) is 0 Å². The number of fused-ring (bicyclic) bond motifs is 1. The molecule has 1 aromatic carbocycles. The average molecular weight is 257 g/mol. The first-order valence-electron chi connectivity index (χ1n) is 3.83. The summed E-state index contributed by atoms with van der Waals surface area (Å²) in [6.45, 7) is 0. The minimum Gasteiger partial charge on any atom is -0.398 e. The first-order valence-corrected chi connectivity index (χ1v) is 5.83. The van der Waals surface area contributed by atoms with Crippen LogP contribution in [0.4, 0.5) is 11.4 Å². The van der Waals surface area contributed by atoms with Gasteiger partial charge in [0, 0.05) is 26.5 Å². The fourth-order valence-electron chi connectivity index (χ4n) is 1.27. The van der Waals surface area contributed by atoms with Gasteiger partial charge in [-0.05, 0) is 17.7 Å². The lowest BCUT2D eigenvalue weighted by Gasteiger charge is -2.02. The molecule has 0 amide bonds. The molecular formula is C9H9BrN2S. The SMILES string of the molecule is Nc1cc2scc(N)c2cc1CBr. The fraction of sp³-hybridized carbons (Fsp3) is 0.111. The molecule has 0 unspecified atom stereocenters. The summed E-state index contributed by atoms with van der Waals surface area (Å²) in [6, 6.07) is 4.03. The molecule has 0 atom stereocenters. The summed E-state index contributed by atoms with van der Waals surface area (Å²) in [5, 5.41) is 3.82. The zero-order valence-electron chi connectivity index (χ0n) is 6.88. The van der Waals surface area contributed by atoms with Gasteiger partial charge in [-0.15, -0.1) is 11.3 Å². The van der Waals surface area contributed by atoms with Gasteiger partial charge in [-0.2, -0.15) is 0 Å². The summed E-state index contributed by atoms with van der Waals surface area (Å²) in [4.78, 5) is 0. The summed E-state index contributed by atoms with van der Waals surface area (Å²) in [5.74, 6) is 0. The topological polar surface area (TPSA) is 52.0 Å². The van der Waals surface area contributed by atoms with Crippen molar-refractivity contribution in [1.29, 1.82) is 0 Å². The lowest BCUT2D eigenvalue weighted by atomic mass is 10.1. The van der Waals surface area contributed by atoms with Crippen molar-refractivity contribution in [2.75, 3.05) is 11.5 Å². The lowest BCUT2D eigenvalue weighted by molar-refractivity contribution is 1.47. The monoisotopic (exact) mass is 256 g/mol. The number of thiophene rings is 1. The quantitative estimate of drug-likeness (QED) is 0.609. The number of hydrogen-bond donors (Lipinski definition) is 2. The Labute approximate surface area is 88.7 Å². The number of nitrogens with two attached hydrogens (primary N) is 2. The Balaban J connectivity index is 2.77. The molecule has 68 valence electrons. The molecule has 2 rings (SSSR count). The van der Waals surface area contributed by atoms with E-state index < -0.39 is 0 Å². The predicted octanol–water partition coefficient (Wildman–Crippen LogP) is 2.96. The Morgan fingerprint density at radius 2 is 2.00 bits per heavy atom. The van der Waals surface area contributed by atoms with E-state index >= 15 is 0 Å². The number of rotatable bonds is 1. The second kappa shape index (κ2) is 3.20. The van der Waals surface area contributed by atoms with Crippen LogP contribution in [-0.4, -0.2) is 0 Å². The van der Waals surface area contributed by atoms with Gasteiger partial charge in [0.1, 0.15) is 0 Å². The molecule has 2 nitrogen and oxygen atoms in total. The molecular weight excluding hydrogens is 248 g/mol. The second-order valence-electron chi connectivity index (χ2n) is 2.87. The third kappa shape index (κ3) is 1.40. The highest BCUT2D eigenvalue weighted by Gasteiger charge is 2.04. The van der Waals surface area contributed by atoms with E-state index in [2.05, 4.69) is 15.9 Å². The van der Waals surface area contributed by atoms with E-state index in [4.69, 9.17) is 11.5 Å². The van der Waals surface area contributed by atoms with Crippen LogP contribution < -0.4 is 11.5 Å². The van der Waals surface area contributed by atoms with Crippen molar-refractivity contribution in [2.24, 2.45) is 0 Å². The van der Waals surface area contributed by atoms with Crippen LogP contribution in [0.5, 0.6) is 0 Å². The van der Waals surface area contributed by atoms with Crippen LogP contribution >= 0.6 is 27.3 Å². The van der Waals surface area contributed by atoms with Crippen molar-refractivity contribution in [3.05, 3.63) is 23.1 Å². The highest BCUT2D eigenvalue weighted by atomic mass is 79.9. The van der Waals surface area contributed by atoms with Crippen LogP contribution in [0.25, 0.3) is 10.1 Å². The Kier molecular flexibility index (Phi) is 2.17. The first kappa shape index (κ1) is 8.84. The molecule has 13 heavy (non-hydrogen) atoms. The van der Waals surface area contributed by atoms with Gasteiger partial charge in [-0.25, -0.2) is 0 Å². The molecule has 0 aliphatic heterocycles. The zero-order valence-corrected chi connectivity index (χ0v) is 9.28. The average Bonchev–Trinajstić information content (AvgIpc) is 2.46. The van der Waals surface area contributed by atoms with Crippen LogP contribution in [0.1, 0.15) is 5.56 Å². The van der Waals surface area contributed by atoms with Crippen LogP contribution in [0.3, 0.4) is 0 Å². The molecule has 0 bridgehead atoms. The molecule has 0 radical (unpaired) electrons. The first-order chi connectivity index (χ1) is 6.22. The summed E-state index contributed by atoms with van der Waals surface area (Å²) in [6.07, 6.45) is 0. The van der Waals surface area contributed by atoms with Crippen molar-refractivity contribution in [1.82, 2.24) is 0 Å². The molecule has 1 heterocycles. The third-order valence-electron chi connectivity index (χ3n) is 2.01. The van der Waals surface area contributed by atoms with Gasteiger partial charge >= 0.3 is 0 Å². The van der Waals surface area contributed by atoms with Gasteiger partial charge in [-0.3, -0.25) is 0 Å². The summed E-state index contributed by atoms with van der Waals surface area (Å²) in [7, 11) is 0. The number of nitrogen functional groups attached to an aromatic ring is 2. The normalized spacial score (nSPS) is 10.8. The van der Waals surface area contributed by atoms with E-state index in [-0.39, 0.29) is 0 Å². The van der Waals surface area contributed by atoms with Gasteiger partial charge in [0.05, 0.1) is 5.69 Å². The Morgan fingerprint density at radius 1 is 1.23 bits per heavy atom. The van der Waals surface area contributed by atoms with Crippen molar-refractivity contribution >= 4 is 48.7 Å². The Morgan fingerprint density at radius 3 is 2.69 bits per heavy atom. The minimum absolute atomic E-state index is 0.768. The van der Waals surface area contributed by atoms with E-state index in [1.54, 1.807) is 11.3 Å². The third-order valence-corrected chi connectivity index (χ3v) is 3.58. The lowest BCUT2D eigenvalue weighted by Crippen LogP contribution is -1.91. The second-order valence-corrected chi connectivity index (χ2v) is 4.34. The highest BCUT2D eigenvalue weighted by Crippen LogP contribution is 2.32. The molecule has 4 N–H and O–H groups in total. The van der Waals surface area contributed by atoms with Gasteiger partial charge < -0.3 is 11.5 Å². The molecule has 4 heteroatoms. The molecule has 0 saturated heterocycles. The summed E-state index contributed by atoms with van der Waals surface area (Å²) < 4.78 is 1.15. The standard InChI is InChI=1S/C9H9BrN2S/c10-3-5-1-6-8(12)4-13-9(6)2-7(5)11/h1-2,4H,3,11-12H2. The Hall–Kier alpha value is -0.740. The molecule has 0 saturated carbocycles. The smallest absolute Gasteiger partial charge is 0.0502 e. The number of alkyl halides is 1. The van der Waals surface area contributed by atoms with Gasteiger partial charge in [0.15, 0.2) is 0 Å². The summed E-state index contributed by atoms with van der Waals surface area (Å²) >= 11 is 5.02.